The first-order chi connectivity index (χ1) is 5.41. The van der Waals surface area contributed by atoms with Gasteiger partial charge in [0.05, 0.1) is 0 Å². The zero-order chi connectivity index (χ0) is 8.36. The summed E-state index contributed by atoms with van der Waals surface area (Å²) in [4.78, 5) is 0. The summed E-state index contributed by atoms with van der Waals surface area (Å²) in [5.74, 6) is 0. The average Bonchev–Trinajstić information content (AvgIpc) is 2.03. The van der Waals surface area contributed by atoms with Crippen molar-refractivity contribution >= 4 is 6.21 Å². The number of hydrogen-bond donors (Lipinski definition) is 1. The molecule has 0 aromatic heterocycles. The maximum atomic E-state index is 8.06. The Morgan fingerprint density at radius 3 is 2.55 bits per heavy atom. The van der Waals surface area contributed by atoms with E-state index in [4.69, 9.17) is 5.21 Å². The van der Waals surface area contributed by atoms with Gasteiger partial charge in [0.2, 0.25) is 0 Å². The minimum absolute atomic E-state index is 0.885. The van der Waals surface area contributed by atoms with Crippen molar-refractivity contribution in [1.29, 1.82) is 0 Å². The summed E-state index contributed by atoms with van der Waals surface area (Å²) in [7, 11) is 0. The van der Waals surface area contributed by atoms with E-state index in [0.717, 1.165) is 25.7 Å². The number of nitrogens with zero attached hydrogens (tertiary/aromatic N) is 1. The number of oxime groups is 1. The van der Waals surface area contributed by atoms with Gasteiger partial charge in [0.1, 0.15) is 0 Å². The van der Waals surface area contributed by atoms with Crippen LogP contribution in [-0.2, 0) is 0 Å². The maximum absolute atomic E-state index is 8.06. The molecule has 0 fully saturated rings. The van der Waals surface area contributed by atoms with Crippen LogP contribution in [0.5, 0.6) is 0 Å². The summed E-state index contributed by atoms with van der Waals surface area (Å²) >= 11 is 0. The van der Waals surface area contributed by atoms with E-state index in [2.05, 4.69) is 24.2 Å². The highest BCUT2D eigenvalue weighted by atomic mass is 16.4. The molecule has 11 heavy (non-hydrogen) atoms. The highest BCUT2D eigenvalue weighted by molar-refractivity contribution is 5.55. The number of rotatable bonds is 6. The van der Waals surface area contributed by atoms with Crippen LogP contribution in [0.1, 0.15) is 39.0 Å². The lowest BCUT2D eigenvalue weighted by Crippen LogP contribution is -1.76. The van der Waals surface area contributed by atoms with Gasteiger partial charge in [0.15, 0.2) is 0 Å². The van der Waals surface area contributed by atoms with Crippen molar-refractivity contribution < 1.29 is 5.21 Å². The van der Waals surface area contributed by atoms with Gasteiger partial charge in [-0.05, 0) is 32.1 Å². The third-order valence-electron chi connectivity index (χ3n) is 1.44. The van der Waals surface area contributed by atoms with Crippen LogP contribution in [0.2, 0.25) is 0 Å². The van der Waals surface area contributed by atoms with E-state index in [1.807, 2.05) is 0 Å². The van der Waals surface area contributed by atoms with E-state index in [9.17, 15) is 0 Å². The Morgan fingerprint density at radius 2 is 1.91 bits per heavy atom. The minimum Gasteiger partial charge on any atom is -0.411 e. The van der Waals surface area contributed by atoms with E-state index in [1.165, 1.54) is 6.42 Å². The smallest absolute Gasteiger partial charge is 0.0435 e. The van der Waals surface area contributed by atoms with Crippen LogP contribution in [0, 0.1) is 0 Å². The fourth-order valence-electron chi connectivity index (χ4n) is 0.840. The van der Waals surface area contributed by atoms with Crippen LogP contribution in [0.3, 0.4) is 0 Å². The second kappa shape index (κ2) is 9.21. The fourth-order valence-corrected chi connectivity index (χ4v) is 0.840. The highest BCUT2D eigenvalue weighted by Crippen LogP contribution is 1.99. The lowest BCUT2D eigenvalue weighted by molar-refractivity contribution is 0.320. The second-order valence-corrected chi connectivity index (χ2v) is 2.46. The molecular formula is C9H17NO. The molecule has 0 aliphatic carbocycles. The lowest BCUT2D eigenvalue weighted by Gasteiger charge is -1.90. The van der Waals surface area contributed by atoms with E-state index in [0.29, 0.717) is 0 Å². The maximum Gasteiger partial charge on any atom is 0.0435 e. The molecule has 0 heterocycles. The molecule has 0 radical (unpaired) electrons. The molecule has 0 rings (SSSR count). The molecule has 0 bridgehead atoms. The predicted molar refractivity (Wildman–Crippen MR) is 48.2 cm³/mol. The summed E-state index contributed by atoms with van der Waals surface area (Å²) in [6, 6.07) is 0. The number of unbranched alkanes of at least 4 members (excludes halogenated alkanes) is 3. The number of allylic oxidation sites excluding steroid dienone is 2. The Labute approximate surface area is 68.6 Å². The van der Waals surface area contributed by atoms with Gasteiger partial charge >= 0.3 is 0 Å². The normalized spacial score (nSPS) is 11.7. The molecule has 0 aliphatic heterocycles. The van der Waals surface area contributed by atoms with Crippen molar-refractivity contribution in [2.75, 3.05) is 0 Å². The molecule has 0 amide bonds. The van der Waals surface area contributed by atoms with Crippen LogP contribution in [0.15, 0.2) is 17.3 Å². The topological polar surface area (TPSA) is 32.6 Å². The van der Waals surface area contributed by atoms with Gasteiger partial charge in [0.25, 0.3) is 0 Å². The summed E-state index contributed by atoms with van der Waals surface area (Å²) in [5, 5.41) is 11.0. The summed E-state index contributed by atoms with van der Waals surface area (Å²) in [6.45, 7) is 2.13. The van der Waals surface area contributed by atoms with Crippen LogP contribution < -0.4 is 0 Å². The second-order valence-electron chi connectivity index (χ2n) is 2.46. The van der Waals surface area contributed by atoms with Gasteiger partial charge in [-0.3, -0.25) is 0 Å². The van der Waals surface area contributed by atoms with Gasteiger partial charge in [-0.15, -0.1) is 5.16 Å². The van der Waals surface area contributed by atoms with Crippen LogP contribution >= 0.6 is 0 Å². The van der Waals surface area contributed by atoms with E-state index >= 15 is 0 Å². The first kappa shape index (κ1) is 10.2. The standard InChI is InChI=1S/C9H17NO/c1-2-3-4-5-6-7-8-9-10-11/h3-4,9,11H,2,5-8H2,1H3/b4-3-,10-9+. The summed E-state index contributed by atoms with van der Waals surface area (Å²) < 4.78 is 0. The SMILES string of the molecule is CC/C=C\CCCC/C=N/O. The average molecular weight is 155 g/mol. The van der Waals surface area contributed by atoms with Crippen molar-refractivity contribution in [1.82, 2.24) is 0 Å². The monoisotopic (exact) mass is 155 g/mol. The molecule has 0 unspecified atom stereocenters. The highest BCUT2D eigenvalue weighted by Gasteiger charge is 1.82. The summed E-state index contributed by atoms with van der Waals surface area (Å²) in [6.07, 6.45) is 11.4. The molecule has 0 saturated heterocycles. The largest absolute Gasteiger partial charge is 0.411 e. The van der Waals surface area contributed by atoms with Crippen molar-refractivity contribution in [3.8, 4) is 0 Å². The quantitative estimate of drug-likeness (QED) is 0.206. The van der Waals surface area contributed by atoms with Crippen LogP contribution in [-0.4, -0.2) is 11.4 Å². The predicted octanol–water partition coefficient (Wildman–Crippen LogP) is 2.97. The molecule has 64 valence electrons. The zero-order valence-corrected chi connectivity index (χ0v) is 7.16. The molecule has 2 nitrogen and oxygen atoms in total. The molecule has 0 aromatic carbocycles. The van der Waals surface area contributed by atoms with E-state index in [1.54, 1.807) is 6.21 Å². The van der Waals surface area contributed by atoms with E-state index < -0.39 is 0 Å². The Hall–Kier alpha value is -0.790. The first-order valence-corrected chi connectivity index (χ1v) is 4.22. The van der Waals surface area contributed by atoms with Crippen molar-refractivity contribution in [3.05, 3.63) is 12.2 Å². The molecular weight excluding hydrogens is 138 g/mol. The van der Waals surface area contributed by atoms with Gasteiger partial charge < -0.3 is 5.21 Å². The van der Waals surface area contributed by atoms with Gasteiger partial charge in [-0.25, -0.2) is 0 Å². The number of hydrogen-bond acceptors (Lipinski definition) is 2. The molecule has 0 saturated carbocycles. The van der Waals surface area contributed by atoms with Gasteiger partial charge in [-0.2, -0.15) is 0 Å². The third kappa shape index (κ3) is 9.21. The lowest BCUT2D eigenvalue weighted by atomic mass is 10.2. The van der Waals surface area contributed by atoms with Crippen molar-refractivity contribution in [2.45, 2.75) is 39.0 Å². The van der Waals surface area contributed by atoms with Crippen molar-refractivity contribution in [3.63, 3.8) is 0 Å². The molecule has 1 N–H and O–H groups in total. The third-order valence-corrected chi connectivity index (χ3v) is 1.44. The molecule has 0 spiro atoms. The van der Waals surface area contributed by atoms with Gasteiger partial charge in [-0.1, -0.05) is 19.1 Å². The zero-order valence-electron chi connectivity index (χ0n) is 7.16. The summed E-state index contributed by atoms with van der Waals surface area (Å²) in [5.41, 5.74) is 0. The van der Waals surface area contributed by atoms with E-state index in [-0.39, 0.29) is 0 Å². The molecule has 0 atom stereocenters. The van der Waals surface area contributed by atoms with Crippen LogP contribution in [0.25, 0.3) is 0 Å². The Kier molecular flexibility index (Phi) is 8.55. The Balaban J connectivity index is 2.96. The minimum atomic E-state index is 0.885. The van der Waals surface area contributed by atoms with Crippen molar-refractivity contribution in [2.24, 2.45) is 5.16 Å². The molecule has 2 heteroatoms. The fraction of sp³-hybridized carbons (Fsp3) is 0.667. The van der Waals surface area contributed by atoms with Gasteiger partial charge in [0, 0.05) is 6.21 Å². The van der Waals surface area contributed by atoms with Crippen LogP contribution in [0.4, 0.5) is 0 Å². The Morgan fingerprint density at radius 1 is 1.18 bits per heavy atom. The molecule has 0 aromatic rings. The Bertz CT molecular complexity index is 119. The first-order valence-electron chi connectivity index (χ1n) is 4.22. The molecule has 0 aliphatic rings.